The van der Waals surface area contributed by atoms with Crippen molar-refractivity contribution in [3.8, 4) is 0 Å². The molecule has 6 heteroatoms. The lowest BCUT2D eigenvalue weighted by atomic mass is 10.1. The predicted octanol–water partition coefficient (Wildman–Crippen LogP) is 4.11. The van der Waals surface area contributed by atoms with Gasteiger partial charge in [0.15, 0.2) is 6.10 Å². The minimum Gasteiger partial charge on any atom is -0.452 e. The van der Waals surface area contributed by atoms with Crippen LogP contribution in [0.1, 0.15) is 12.5 Å². The van der Waals surface area contributed by atoms with E-state index in [-0.39, 0.29) is 6.42 Å². The van der Waals surface area contributed by atoms with Crippen molar-refractivity contribution < 1.29 is 14.3 Å². The molecule has 0 aliphatic heterocycles. The number of carbonyl (C=O) groups excluding carboxylic acids is 2. The Kier molecular flexibility index (Phi) is 6.02. The van der Waals surface area contributed by atoms with Crippen LogP contribution in [-0.4, -0.2) is 18.0 Å². The molecule has 120 valence electrons. The van der Waals surface area contributed by atoms with E-state index in [4.69, 9.17) is 27.9 Å². The molecule has 0 spiro atoms. The summed E-state index contributed by atoms with van der Waals surface area (Å²) in [6.45, 7) is 1.50. The van der Waals surface area contributed by atoms with Crippen molar-refractivity contribution >= 4 is 40.8 Å². The van der Waals surface area contributed by atoms with Crippen LogP contribution < -0.4 is 5.32 Å². The first-order chi connectivity index (χ1) is 11.0. The number of hydrogen-bond donors (Lipinski definition) is 1. The fourth-order valence-electron chi connectivity index (χ4n) is 1.90. The number of carbonyl (C=O) groups is 2. The molecule has 2 rings (SSSR count). The Morgan fingerprint density at radius 3 is 2.26 bits per heavy atom. The van der Waals surface area contributed by atoms with Crippen LogP contribution >= 0.6 is 23.2 Å². The van der Waals surface area contributed by atoms with Gasteiger partial charge < -0.3 is 10.1 Å². The van der Waals surface area contributed by atoms with Gasteiger partial charge in [0.05, 0.1) is 6.42 Å². The van der Waals surface area contributed by atoms with Gasteiger partial charge in [-0.3, -0.25) is 9.59 Å². The SMILES string of the molecule is C[C@H](OC(=O)Cc1c(Cl)cccc1Cl)C(=O)Nc1ccccc1. The van der Waals surface area contributed by atoms with E-state index in [0.717, 1.165) is 0 Å². The van der Waals surface area contributed by atoms with Crippen LogP contribution in [0, 0.1) is 0 Å². The third kappa shape index (κ3) is 4.98. The molecule has 4 nitrogen and oxygen atoms in total. The molecule has 0 saturated heterocycles. The number of halogens is 2. The van der Waals surface area contributed by atoms with Crippen LogP contribution in [0.4, 0.5) is 5.69 Å². The van der Waals surface area contributed by atoms with Crippen LogP contribution in [-0.2, 0) is 20.7 Å². The first-order valence-corrected chi connectivity index (χ1v) is 7.71. The van der Waals surface area contributed by atoms with E-state index < -0.39 is 18.0 Å². The maximum Gasteiger partial charge on any atom is 0.311 e. The van der Waals surface area contributed by atoms with E-state index >= 15 is 0 Å². The number of benzene rings is 2. The largest absolute Gasteiger partial charge is 0.452 e. The summed E-state index contributed by atoms with van der Waals surface area (Å²) in [6, 6.07) is 13.9. The van der Waals surface area contributed by atoms with Crippen LogP contribution in [0.15, 0.2) is 48.5 Å². The Hall–Kier alpha value is -2.04. The zero-order valence-electron chi connectivity index (χ0n) is 12.4. The number of hydrogen-bond acceptors (Lipinski definition) is 3. The average Bonchev–Trinajstić information content (AvgIpc) is 2.52. The highest BCUT2D eigenvalue weighted by molar-refractivity contribution is 6.36. The lowest BCUT2D eigenvalue weighted by molar-refractivity contribution is -0.152. The highest BCUT2D eigenvalue weighted by Gasteiger charge is 2.19. The highest BCUT2D eigenvalue weighted by atomic mass is 35.5. The van der Waals surface area contributed by atoms with Gasteiger partial charge in [-0.05, 0) is 31.2 Å². The molecule has 2 aromatic carbocycles. The topological polar surface area (TPSA) is 55.4 Å². The molecule has 1 atom stereocenters. The second kappa shape index (κ2) is 7.99. The van der Waals surface area contributed by atoms with Crippen molar-refractivity contribution in [2.24, 2.45) is 0 Å². The summed E-state index contributed by atoms with van der Waals surface area (Å²) in [4.78, 5) is 24.0. The van der Waals surface area contributed by atoms with Crippen LogP contribution in [0.2, 0.25) is 10.0 Å². The maximum absolute atomic E-state index is 12.0. The number of para-hydroxylation sites is 1. The molecule has 0 bridgehead atoms. The Morgan fingerprint density at radius 1 is 1.04 bits per heavy atom. The number of rotatable bonds is 5. The molecule has 1 amide bonds. The molecule has 0 fully saturated rings. The number of ether oxygens (including phenoxy) is 1. The second-order valence-electron chi connectivity index (χ2n) is 4.86. The smallest absolute Gasteiger partial charge is 0.311 e. The third-order valence-corrected chi connectivity index (χ3v) is 3.81. The number of nitrogens with one attached hydrogen (secondary N) is 1. The fourth-order valence-corrected chi connectivity index (χ4v) is 2.43. The van der Waals surface area contributed by atoms with Gasteiger partial charge in [-0.2, -0.15) is 0 Å². The quantitative estimate of drug-likeness (QED) is 0.824. The van der Waals surface area contributed by atoms with Crippen molar-refractivity contribution in [3.05, 3.63) is 64.1 Å². The van der Waals surface area contributed by atoms with Crippen LogP contribution in [0.3, 0.4) is 0 Å². The van der Waals surface area contributed by atoms with Gasteiger partial charge in [-0.15, -0.1) is 0 Å². The number of anilines is 1. The maximum atomic E-state index is 12.0. The van der Waals surface area contributed by atoms with E-state index in [0.29, 0.717) is 21.3 Å². The lowest BCUT2D eigenvalue weighted by Gasteiger charge is -2.14. The number of amides is 1. The van der Waals surface area contributed by atoms with E-state index in [2.05, 4.69) is 5.32 Å². The van der Waals surface area contributed by atoms with Crippen molar-refractivity contribution in [1.29, 1.82) is 0 Å². The van der Waals surface area contributed by atoms with Crippen molar-refractivity contribution in [2.45, 2.75) is 19.4 Å². The lowest BCUT2D eigenvalue weighted by Crippen LogP contribution is -2.30. The third-order valence-electron chi connectivity index (χ3n) is 3.10. The normalized spacial score (nSPS) is 11.6. The molecule has 1 N–H and O–H groups in total. The zero-order chi connectivity index (χ0) is 16.8. The van der Waals surface area contributed by atoms with Crippen molar-refractivity contribution in [2.75, 3.05) is 5.32 Å². The molecule has 0 aliphatic carbocycles. The molecule has 0 radical (unpaired) electrons. The molecule has 0 unspecified atom stereocenters. The van der Waals surface area contributed by atoms with Gasteiger partial charge in [0.25, 0.3) is 5.91 Å². The Morgan fingerprint density at radius 2 is 1.65 bits per heavy atom. The number of esters is 1. The van der Waals surface area contributed by atoms with Gasteiger partial charge in [0, 0.05) is 21.3 Å². The highest BCUT2D eigenvalue weighted by Crippen LogP contribution is 2.25. The molecule has 0 aliphatic rings. The fraction of sp³-hybridized carbons (Fsp3) is 0.176. The summed E-state index contributed by atoms with van der Waals surface area (Å²) in [5.41, 5.74) is 1.12. The Balaban J connectivity index is 1.93. The Labute approximate surface area is 144 Å². The van der Waals surface area contributed by atoms with Gasteiger partial charge >= 0.3 is 5.97 Å². The molecule has 0 heterocycles. The molecule has 0 saturated carbocycles. The second-order valence-corrected chi connectivity index (χ2v) is 5.68. The monoisotopic (exact) mass is 351 g/mol. The molecule has 0 aromatic heterocycles. The molecule has 23 heavy (non-hydrogen) atoms. The van der Waals surface area contributed by atoms with Crippen LogP contribution in [0.5, 0.6) is 0 Å². The summed E-state index contributed by atoms with van der Waals surface area (Å²) in [5.74, 6) is -0.981. The van der Waals surface area contributed by atoms with E-state index in [9.17, 15) is 9.59 Å². The van der Waals surface area contributed by atoms with Gasteiger partial charge in [-0.25, -0.2) is 0 Å². The first kappa shape index (κ1) is 17.3. The van der Waals surface area contributed by atoms with E-state index in [1.165, 1.54) is 6.92 Å². The first-order valence-electron chi connectivity index (χ1n) is 6.95. The summed E-state index contributed by atoms with van der Waals surface area (Å²) in [5, 5.41) is 3.44. The Bertz CT molecular complexity index is 684. The summed E-state index contributed by atoms with van der Waals surface area (Å²) in [7, 11) is 0. The summed E-state index contributed by atoms with van der Waals surface area (Å²) >= 11 is 12.0. The molecule has 2 aromatic rings. The summed E-state index contributed by atoms with van der Waals surface area (Å²) < 4.78 is 5.13. The minimum absolute atomic E-state index is 0.0958. The zero-order valence-corrected chi connectivity index (χ0v) is 13.9. The summed E-state index contributed by atoms with van der Waals surface area (Å²) in [6.07, 6.45) is -1.02. The van der Waals surface area contributed by atoms with Crippen molar-refractivity contribution in [1.82, 2.24) is 0 Å². The van der Waals surface area contributed by atoms with Gasteiger partial charge in [-0.1, -0.05) is 47.5 Å². The standard InChI is InChI=1S/C17H15Cl2NO3/c1-11(17(22)20-12-6-3-2-4-7-12)23-16(21)10-13-14(18)8-5-9-15(13)19/h2-9,11H,10H2,1H3,(H,20,22)/t11-/m0/s1. The van der Waals surface area contributed by atoms with Crippen LogP contribution in [0.25, 0.3) is 0 Å². The van der Waals surface area contributed by atoms with Gasteiger partial charge in [0.1, 0.15) is 0 Å². The average molecular weight is 352 g/mol. The van der Waals surface area contributed by atoms with Crippen molar-refractivity contribution in [3.63, 3.8) is 0 Å². The molecular formula is C17H15Cl2NO3. The predicted molar refractivity (Wildman–Crippen MR) is 90.8 cm³/mol. The minimum atomic E-state index is -0.927. The van der Waals surface area contributed by atoms with E-state index in [1.54, 1.807) is 42.5 Å². The van der Waals surface area contributed by atoms with Gasteiger partial charge in [0.2, 0.25) is 0 Å². The molecular weight excluding hydrogens is 337 g/mol. The van der Waals surface area contributed by atoms with E-state index in [1.807, 2.05) is 6.07 Å².